The lowest BCUT2D eigenvalue weighted by atomic mass is 10.1. The second-order valence-electron chi connectivity index (χ2n) is 6.01. The number of halogens is 1. The number of rotatable bonds is 9. The molecule has 9 nitrogen and oxygen atoms in total. The molecule has 0 aromatic heterocycles. The summed E-state index contributed by atoms with van der Waals surface area (Å²) in [5, 5.41) is 16.2. The number of carbonyl (C=O) groups is 2. The first-order valence-corrected chi connectivity index (χ1v) is 8.56. The van der Waals surface area contributed by atoms with Crippen LogP contribution in [0.5, 0.6) is 0 Å². The number of nitrogens with zero attached hydrogens (tertiary/aromatic N) is 1. The van der Waals surface area contributed by atoms with Gasteiger partial charge in [-0.3, -0.25) is 14.9 Å². The summed E-state index contributed by atoms with van der Waals surface area (Å²) in [4.78, 5) is 34.7. The molecule has 29 heavy (non-hydrogen) atoms. The fourth-order valence-corrected chi connectivity index (χ4v) is 2.37. The van der Waals surface area contributed by atoms with Crippen molar-refractivity contribution in [3.8, 4) is 0 Å². The van der Waals surface area contributed by atoms with Crippen molar-refractivity contribution in [3.63, 3.8) is 0 Å². The number of anilines is 2. The van der Waals surface area contributed by atoms with Crippen molar-refractivity contribution in [2.75, 3.05) is 37.5 Å². The van der Waals surface area contributed by atoms with Gasteiger partial charge in [0, 0.05) is 31.5 Å². The van der Waals surface area contributed by atoms with E-state index in [0.717, 1.165) is 6.07 Å². The summed E-state index contributed by atoms with van der Waals surface area (Å²) in [7, 11) is 1.50. The Hall–Kier alpha value is -3.53. The number of non-ortho nitro benzene ring substituents is 1. The van der Waals surface area contributed by atoms with E-state index in [2.05, 4.69) is 10.6 Å². The van der Waals surface area contributed by atoms with E-state index >= 15 is 0 Å². The molecule has 2 rings (SSSR count). The van der Waals surface area contributed by atoms with Crippen LogP contribution < -0.4 is 10.6 Å². The monoisotopic (exact) mass is 405 g/mol. The maximum Gasteiger partial charge on any atom is 0.341 e. The van der Waals surface area contributed by atoms with Gasteiger partial charge < -0.3 is 20.1 Å². The number of nitrogens with one attached hydrogen (secondary N) is 2. The Morgan fingerprint density at radius 2 is 1.90 bits per heavy atom. The molecular weight excluding hydrogens is 385 g/mol. The number of methoxy groups -OCH3 is 1. The molecular formula is C19H20FN3O6. The second-order valence-corrected chi connectivity index (χ2v) is 6.01. The normalized spacial score (nSPS) is 10.3. The zero-order chi connectivity index (χ0) is 21.4. The topological polar surface area (TPSA) is 120 Å². The summed E-state index contributed by atoms with van der Waals surface area (Å²) in [5.74, 6) is -2.30. The smallest absolute Gasteiger partial charge is 0.341 e. The number of hydrogen-bond acceptors (Lipinski definition) is 7. The minimum absolute atomic E-state index is 0.0473. The van der Waals surface area contributed by atoms with E-state index in [0.29, 0.717) is 24.4 Å². The van der Waals surface area contributed by atoms with E-state index in [1.165, 1.54) is 31.4 Å². The third kappa shape index (κ3) is 6.25. The van der Waals surface area contributed by atoms with E-state index in [9.17, 15) is 24.1 Å². The largest absolute Gasteiger partial charge is 0.452 e. The molecule has 0 bridgehead atoms. The number of hydrogen-bond donors (Lipinski definition) is 2. The number of nitro benzene ring substituents is 1. The van der Waals surface area contributed by atoms with Gasteiger partial charge in [0.15, 0.2) is 6.61 Å². The van der Waals surface area contributed by atoms with Gasteiger partial charge in [-0.25, -0.2) is 9.18 Å². The molecule has 10 heteroatoms. The number of ether oxygens (including phenoxy) is 2. The highest BCUT2D eigenvalue weighted by Crippen LogP contribution is 2.23. The van der Waals surface area contributed by atoms with Gasteiger partial charge in [0.2, 0.25) is 0 Å². The first kappa shape index (κ1) is 21.8. The highest BCUT2D eigenvalue weighted by molar-refractivity contribution is 5.99. The zero-order valence-electron chi connectivity index (χ0n) is 15.9. The van der Waals surface area contributed by atoms with Crippen molar-refractivity contribution in [2.24, 2.45) is 0 Å². The summed E-state index contributed by atoms with van der Waals surface area (Å²) < 4.78 is 23.6. The third-order valence-corrected chi connectivity index (χ3v) is 3.79. The highest BCUT2D eigenvalue weighted by Gasteiger charge is 2.19. The molecule has 0 aliphatic carbocycles. The van der Waals surface area contributed by atoms with Gasteiger partial charge in [-0.1, -0.05) is 6.07 Å². The average molecular weight is 405 g/mol. The molecule has 0 spiro atoms. The standard InChI is InChI=1S/C19H20FN3O6/c1-12-3-5-17(15(20)9-12)22-18(24)11-29-19(25)14-10-13(23(26)27)4-6-16(14)21-7-8-28-2/h3-6,9-10,21H,7-8,11H2,1-2H3,(H,22,24). The van der Waals surface area contributed by atoms with Gasteiger partial charge in [-0.2, -0.15) is 0 Å². The predicted molar refractivity (Wildman–Crippen MR) is 104 cm³/mol. The quantitative estimate of drug-likeness (QED) is 0.285. The van der Waals surface area contributed by atoms with E-state index in [1.54, 1.807) is 13.0 Å². The van der Waals surface area contributed by atoms with Crippen molar-refractivity contribution in [3.05, 3.63) is 63.5 Å². The van der Waals surface area contributed by atoms with Crippen molar-refractivity contribution in [1.29, 1.82) is 0 Å². The van der Waals surface area contributed by atoms with Crippen LogP contribution in [0.4, 0.5) is 21.5 Å². The van der Waals surface area contributed by atoms with Gasteiger partial charge >= 0.3 is 5.97 Å². The lowest BCUT2D eigenvalue weighted by Crippen LogP contribution is -2.22. The number of carbonyl (C=O) groups excluding carboxylic acids is 2. The van der Waals surface area contributed by atoms with Crippen LogP contribution in [0.2, 0.25) is 0 Å². The zero-order valence-corrected chi connectivity index (χ0v) is 15.9. The molecule has 2 N–H and O–H groups in total. The summed E-state index contributed by atoms with van der Waals surface area (Å²) in [6.45, 7) is 1.71. The third-order valence-electron chi connectivity index (χ3n) is 3.79. The van der Waals surface area contributed by atoms with Crippen LogP contribution in [0.1, 0.15) is 15.9 Å². The van der Waals surface area contributed by atoms with E-state index in [-0.39, 0.29) is 16.9 Å². The Morgan fingerprint density at radius 1 is 1.17 bits per heavy atom. The SMILES string of the molecule is COCCNc1ccc([N+](=O)[O-])cc1C(=O)OCC(=O)Nc1ccc(C)cc1F. The maximum atomic E-state index is 13.8. The van der Waals surface area contributed by atoms with Crippen LogP contribution in [-0.2, 0) is 14.3 Å². The number of nitro groups is 1. The van der Waals surface area contributed by atoms with Gasteiger partial charge in [0.25, 0.3) is 11.6 Å². The van der Waals surface area contributed by atoms with E-state index in [4.69, 9.17) is 9.47 Å². The highest BCUT2D eigenvalue weighted by atomic mass is 19.1. The molecule has 0 unspecified atom stereocenters. The minimum atomic E-state index is -0.937. The predicted octanol–water partition coefficient (Wildman–Crippen LogP) is 2.90. The molecule has 0 atom stereocenters. The average Bonchev–Trinajstić information content (AvgIpc) is 2.68. The molecule has 0 radical (unpaired) electrons. The first-order valence-electron chi connectivity index (χ1n) is 8.56. The molecule has 0 heterocycles. The molecule has 2 aromatic carbocycles. The fourth-order valence-electron chi connectivity index (χ4n) is 2.37. The molecule has 0 saturated heterocycles. The van der Waals surface area contributed by atoms with Crippen LogP contribution in [0, 0.1) is 22.9 Å². The van der Waals surface area contributed by atoms with Crippen LogP contribution >= 0.6 is 0 Å². The summed E-state index contributed by atoms with van der Waals surface area (Å²) >= 11 is 0. The lowest BCUT2D eigenvalue weighted by Gasteiger charge is -2.12. The van der Waals surface area contributed by atoms with Crippen LogP contribution in [0.15, 0.2) is 36.4 Å². The Morgan fingerprint density at radius 3 is 2.55 bits per heavy atom. The lowest BCUT2D eigenvalue weighted by molar-refractivity contribution is -0.384. The Bertz CT molecular complexity index is 919. The Kier molecular flexibility index (Phi) is 7.61. The van der Waals surface area contributed by atoms with Crippen LogP contribution in [-0.4, -0.2) is 43.7 Å². The second kappa shape index (κ2) is 10.1. The van der Waals surface area contributed by atoms with Crippen LogP contribution in [0.25, 0.3) is 0 Å². The Balaban J connectivity index is 2.06. The molecule has 1 amide bonds. The van der Waals surface area contributed by atoms with Crippen molar-refractivity contribution < 1.29 is 28.4 Å². The maximum absolute atomic E-state index is 13.8. The molecule has 0 aliphatic rings. The van der Waals surface area contributed by atoms with Gasteiger partial charge in [0.05, 0.1) is 22.8 Å². The Labute approximate surface area is 166 Å². The number of esters is 1. The minimum Gasteiger partial charge on any atom is -0.452 e. The van der Waals surface area contributed by atoms with Crippen molar-refractivity contribution in [2.45, 2.75) is 6.92 Å². The van der Waals surface area contributed by atoms with Crippen molar-refractivity contribution in [1.82, 2.24) is 0 Å². The number of amides is 1. The molecule has 2 aromatic rings. The molecule has 0 aliphatic heterocycles. The summed E-state index contributed by atoms with van der Waals surface area (Å²) in [6, 6.07) is 7.91. The first-order chi connectivity index (χ1) is 13.8. The summed E-state index contributed by atoms with van der Waals surface area (Å²) in [6.07, 6.45) is 0. The molecule has 154 valence electrons. The molecule has 0 saturated carbocycles. The molecule has 0 fully saturated rings. The number of benzene rings is 2. The van der Waals surface area contributed by atoms with E-state index < -0.39 is 29.2 Å². The number of aryl methyl sites for hydroxylation is 1. The fraction of sp³-hybridized carbons (Fsp3) is 0.263. The summed E-state index contributed by atoms with van der Waals surface area (Å²) in [5.41, 5.74) is 0.521. The van der Waals surface area contributed by atoms with Gasteiger partial charge in [-0.05, 0) is 30.7 Å². The van der Waals surface area contributed by atoms with Crippen molar-refractivity contribution >= 4 is 28.9 Å². The van der Waals surface area contributed by atoms with E-state index in [1.807, 2.05) is 0 Å². The van der Waals surface area contributed by atoms with Gasteiger partial charge in [0.1, 0.15) is 5.82 Å². The van der Waals surface area contributed by atoms with Gasteiger partial charge in [-0.15, -0.1) is 0 Å². The van der Waals surface area contributed by atoms with Crippen LogP contribution in [0.3, 0.4) is 0 Å².